The predicted molar refractivity (Wildman–Crippen MR) is 85.0 cm³/mol. The number of esters is 1. The van der Waals surface area contributed by atoms with Crippen LogP contribution in [0.4, 0.5) is 0 Å². The maximum absolute atomic E-state index is 12.1. The topological polar surface area (TPSA) is 81.7 Å². The van der Waals surface area contributed by atoms with Crippen LogP contribution >= 0.6 is 0 Å². The average molecular weight is 335 g/mol. The van der Waals surface area contributed by atoms with E-state index < -0.39 is 22.5 Å². The molecular formula is C16H17NO5S. The first-order valence-electron chi connectivity index (χ1n) is 6.82. The summed E-state index contributed by atoms with van der Waals surface area (Å²) in [5.41, 5.74) is 0.946. The van der Waals surface area contributed by atoms with Crippen molar-refractivity contribution in [2.75, 3.05) is 13.7 Å². The van der Waals surface area contributed by atoms with E-state index in [2.05, 4.69) is 4.72 Å². The van der Waals surface area contributed by atoms with E-state index in [1.807, 2.05) is 6.92 Å². The Hall–Kier alpha value is -2.38. The highest BCUT2D eigenvalue weighted by Gasteiger charge is 2.16. The molecule has 0 saturated carbocycles. The lowest BCUT2D eigenvalue weighted by molar-refractivity contribution is -0.133. The molecule has 23 heavy (non-hydrogen) atoms. The van der Waals surface area contributed by atoms with E-state index >= 15 is 0 Å². The summed E-state index contributed by atoms with van der Waals surface area (Å²) >= 11 is 0. The first-order valence-corrected chi connectivity index (χ1v) is 8.30. The van der Waals surface area contributed by atoms with Crippen LogP contribution < -0.4 is 14.2 Å². The van der Waals surface area contributed by atoms with E-state index in [1.54, 1.807) is 30.3 Å². The Bertz CT molecular complexity index is 784. The Balaban J connectivity index is 1.96. The van der Waals surface area contributed by atoms with Gasteiger partial charge in [0.1, 0.15) is 18.0 Å². The van der Waals surface area contributed by atoms with Crippen LogP contribution in [0.15, 0.2) is 53.4 Å². The van der Waals surface area contributed by atoms with Crippen LogP contribution in [0.1, 0.15) is 5.56 Å². The van der Waals surface area contributed by atoms with Crippen molar-refractivity contribution in [2.45, 2.75) is 11.8 Å². The molecule has 7 heteroatoms. The molecule has 0 heterocycles. The van der Waals surface area contributed by atoms with Gasteiger partial charge in [0.25, 0.3) is 0 Å². The Morgan fingerprint density at radius 3 is 2.39 bits per heavy atom. The van der Waals surface area contributed by atoms with Crippen molar-refractivity contribution in [1.82, 2.24) is 4.72 Å². The number of hydrogen-bond acceptors (Lipinski definition) is 5. The number of hydrogen-bond donors (Lipinski definition) is 1. The molecule has 0 saturated heterocycles. The SMILES string of the molecule is COc1cccc(OC(=O)CNS(=O)(=O)c2ccc(C)cc2)c1. The number of benzene rings is 2. The van der Waals surface area contributed by atoms with Crippen LogP contribution in [-0.2, 0) is 14.8 Å². The van der Waals surface area contributed by atoms with Gasteiger partial charge in [0, 0.05) is 6.07 Å². The van der Waals surface area contributed by atoms with Crippen LogP contribution in [-0.4, -0.2) is 28.0 Å². The van der Waals surface area contributed by atoms with Gasteiger partial charge >= 0.3 is 5.97 Å². The van der Waals surface area contributed by atoms with E-state index in [0.29, 0.717) is 5.75 Å². The summed E-state index contributed by atoms with van der Waals surface area (Å²) in [6.07, 6.45) is 0. The fourth-order valence-corrected chi connectivity index (χ4v) is 2.76. The Kier molecular flexibility index (Phi) is 5.36. The highest BCUT2D eigenvalue weighted by Crippen LogP contribution is 2.18. The normalized spacial score (nSPS) is 11.0. The number of sulfonamides is 1. The van der Waals surface area contributed by atoms with Crippen molar-refractivity contribution in [1.29, 1.82) is 0 Å². The Morgan fingerprint density at radius 2 is 1.74 bits per heavy atom. The highest BCUT2D eigenvalue weighted by molar-refractivity contribution is 7.89. The van der Waals surface area contributed by atoms with E-state index in [4.69, 9.17) is 9.47 Å². The molecule has 2 rings (SSSR count). The molecule has 0 unspecified atom stereocenters. The zero-order valence-electron chi connectivity index (χ0n) is 12.8. The Labute approximate surface area is 135 Å². The average Bonchev–Trinajstić information content (AvgIpc) is 2.54. The lowest BCUT2D eigenvalue weighted by atomic mass is 10.2. The third kappa shape index (κ3) is 4.80. The van der Waals surface area contributed by atoms with Crippen molar-refractivity contribution < 1.29 is 22.7 Å². The van der Waals surface area contributed by atoms with Gasteiger partial charge in [0.15, 0.2) is 0 Å². The predicted octanol–water partition coefficient (Wildman–Crippen LogP) is 1.89. The number of methoxy groups -OCH3 is 1. The molecule has 2 aromatic rings. The van der Waals surface area contributed by atoms with E-state index in [9.17, 15) is 13.2 Å². The minimum Gasteiger partial charge on any atom is -0.497 e. The van der Waals surface area contributed by atoms with Gasteiger partial charge in [-0.15, -0.1) is 0 Å². The number of carbonyl (C=O) groups excluding carboxylic acids is 1. The second-order valence-corrected chi connectivity index (χ2v) is 6.56. The van der Waals surface area contributed by atoms with E-state index in [0.717, 1.165) is 5.56 Å². The first kappa shape index (κ1) is 17.0. The quantitative estimate of drug-likeness (QED) is 0.644. The first-order chi connectivity index (χ1) is 10.9. The summed E-state index contributed by atoms with van der Waals surface area (Å²) in [6, 6.07) is 12.8. The monoisotopic (exact) mass is 335 g/mol. The molecule has 2 aromatic carbocycles. The molecule has 6 nitrogen and oxygen atoms in total. The summed E-state index contributed by atoms with van der Waals surface area (Å²) < 4.78 is 36.4. The van der Waals surface area contributed by atoms with Crippen LogP contribution in [0.25, 0.3) is 0 Å². The highest BCUT2D eigenvalue weighted by atomic mass is 32.2. The zero-order chi connectivity index (χ0) is 16.9. The molecule has 122 valence electrons. The van der Waals surface area contributed by atoms with Gasteiger partial charge in [0.05, 0.1) is 12.0 Å². The van der Waals surface area contributed by atoms with Crippen molar-refractivity contribution in [2.24, 2.45) is 0 Å². The third-order valence-corrected chi connectivity index (χ3v) is 4.43. The Morgan fingerprint density at radius 1 is 1.09 bits per heavy atom. The second-order valence-electron chi connectivity index (χ2n) is 4.79. The van der Waals surface area contributed by atoms with Crippen LogP contribution in [0.5, 0.6) is 11.5 Å². The molecule has 0 fully saturated rings. The molecule has 0 aliphatic carbocycles. The lowest BCUT2D eigenvalue weighted by Gasteiger charge is -2.08. The molecule has 0 aliphatic heterocycles. The summed E-state index contributed by atoms with van der Waals surface area (Å²) in [6.45, 7) is 1.39. The molecule has 0 spiro atoms. The minimum atomic E-state index is -3.75. The summed E-state index contributed by atoms with van der Waals surface area (Å²) in [7, 11) is -2.26. The fraction of sp³-hybridized carbons (Fsp3) is 0.188. The van der Waals surface area contributed by atoms with E-state index in [1.165, 1.54) is 25.3 Å². The van der Waals surface area contributed by atoms with Crippen LogP contribution in [0, 0.1) is 6.92 Å². The van der Waals surface area contributed by atoms with Crippen molar-refractivity contribution in [3.63, 3.8) is 0 Å². The zero-order valence-corrected chi connectivity index (χ0v) is 13.6. The van der Waals surface area contributed by atoms with Crippen molar-refractivity contribution in [3.8, 4) is 11.5 Å². The van der Waals surface area contributed by atoms with Crippen LogP contribution in [0.3, 0.4) is 0 Å². The van der Waals surface area contributed by atoms with Gasteiger partial charge in [-0.1, -0.05) is 23.8 Å². The number of nitrogens with one attached hydrogen (secondary N) is 1. The largest absolute Gasteiger partial charge is 0.497 e. The van der Waals surface area contributed by atoms with Crippen molar-refractivity contribution in [3.05, 3.63) is 54.1 Å². The number of carbonyl (C=O) groups is 1. The minimum absolute atomic E-state index is 0.0947. The summed E-state index contributed by atoms with van der Waals surface area (Å²) in [4.78, 5) is 11.8. The molecular weight excluding hydrogens is 318 g/mol. The smallest absolute Gasteiger partial charge is 0.326 e. The van der Waals surface area contributed by atoms with Gasteiger partial charge in [-0.25, -0.2) is 8.42 Å². The molecule has 0 bridgehead atoms. The standard InChI is InChI=1S/C16H17NO5S/c1-12-6-8-15(9-7-12)23(19,20)17-11-16(18)22-14-5-3-4-13(10-14)21-2/h3-10,17H,11H2,1-2H3. The van der Waals surface area contributed by atoms with Gasteiger partial charge in [-0.3, -0.25) is 4.79 Å². The maximum Gasteiger partial charge on any atom is 0.326 e. The van der Waals surface area contributed by atoms with Gasteiger partial charge in [-0.05, 0) is 31.2 Å². The fourth-order valence-electron chi connectivity index (χ4n) is 1.79. The second kappa shape index (κ2) is 7.26. The van der Waals surface area contributed by atoms with E-state index in [-0.39, 0.29) is 10.6 Å². The molecule has 0 aliphatic rings. The summed E-state index contributed by atoms with van der Waals surface area (Å²) in [5.74, 6) is 0.105. The molecule has 0 atom stereocenters. The number of aryl methyl sites for hydroxylation is 1. The number of ether oxygens (including phenoxy) is 2. The molecule has 0 aromatic heterocycles. The van der Waals surface area contributed by atoms with Gasteiger partial charge < -0.3 is 9.47 Å². The van der Waals surface area contributed by atoms with Crippen LogP contribution in [0.2, 0.25) is 0 Å². The molecule has 1 N–H and O–H groups in total. The summed E-state index contributed by atoms with van der Waals surface area (Å²) in [5, 5.41) is 0. The maximum atomic E-state index is 12.1. The van der Waals surface area contributed by atoms with Crippen molar-refractivity contribution >= 4 is 16.0 Å². The number of rotatable bonds is 6. The molecule has 0 radical (unpaired) electrons. The van der Waals surface area contributed by atoms with Gasteiger partial charge in [0.2, 0.25) is 10.0 Å². The van der Waals surface area contributed by atoms with Gasteiger partial charge in [-0.2, -0.15) is 4.72 Å². The molecule has 0 amide bonds. The third-order valence-electron chi connectivity index (χ3n) is 3.01. The lowest BCUT2D eigenvalue weighted by Crippen LogP contribution is -2.31.